The van der Waals surface area contributed by atoms with Crippen LogP contribution in [0.25, 0.3) is 0 Å². The molecule has 0 unspecified atom stereocenters. The molecular weight excluding hydrogens is 326 g/mol. The average Bonchev–Trinajstić information content (AvgIpc) is 2.69. The quantitative estimate of drug-likeness (QED) is 0.713. The number of morpholine rings is 1. The van der Waals surface area contributed by atoms with Gasteiger partial charge < -0.3 is 9.47 Å². The number of hydrogen-bond donors (Lipinski definition) is 0. The van der Waals surface area contributed by atoms with Gasteiger partial charge in [0, 0.05) is 25.1 Å². The van der Waals surface area contributed by atoms with Crippen LogP contribution in [0.1, 0.15) is 29.8 Å². The fourth-order valence-electron chi connectivity index (χ4n) is 3.25. The van der Waals surface area contributed by atoms with Gasteiger partial charge in [-0.15, -0.1) is 0 Å². The van der Waals surface area contributed by atoms with E-state index in [1.165, 1.54) is 5.56 Å². The Morgan fingerprint density at radius 3 is 2.35 bits per heavy atom. The van der Waals surface area contributed by atoms with E-state index in [4.69, 9.17) is 9.47 Å². The highest BCUT2D eigenvalue weighted by atomic mass is 16.5. The average molecular weight is 353 g/mol. The predicted molar refractivity (Wildman–Crippen MR) is 103 cm³/mol. The molecule has 0 saturated carbocycles. The van der Waals surface area contributed by atoms with E-state index in [1.807, 2.05) is 56.3 Å². The van der Waals surface area contributed by atoms with Crippen LogP contribution in [0.4, 0.5) is 0 Å². The van der Waals surface area contributed by atoms with Crippen molar-refractivity contribution in [2.45, 2.75) is 25.8 Å². The third-order valence-electron chi connectivity index (χ3n) is 4.98. The Morgan fingerprint density at radius 2 is 1.69 bits per heavy atom. The van der Waals surface area contributed by atoms with Crippen molar-refractivity contribution in [3.8, 4) is 5.75 Å². The van der Waals surface area contributed by atoms with Crippen molar-refractivity contribution in [1.82, 2.24) is 4.90 Å². The van der Waals surface area contributed by atoms with E-state index >= 15 is 0 Å². The molecule has 0 atom stereocenters. The van der Waals surface area contributed by atoms with Gasteiger partial charge in [-0.3, -0.25) is 9.69 Å². The number of hydrogen-bond acceptors (Lipinski definition) is 4. The molecule has 4 nitrogen and oxygen atoms in total. The molecule has 1 heterocycles. The number of Topliss-reactive ketones (excluding diaryl/α,β-unsaturated/α-hetero) is 1. The topological polar surface area (TPSA) is 38.8 Å². The lowest BCUT2D eigenvalue weighted by molar-refractivity contribution is -0.00429. The maximum absolute atomic E-state index is 13.0. The molecular formula is C22H27NO3. The lowest BCUT2D eigenvalue weighted by atomic mass is 9.91. The van der Waals surface area contributed by atoms with Gasteiger partial charge in [0.15, 0.2) is 5.78 Å². The van der Waals surface area contributed by atoms with Crippen molar-refractivity contribution in [2.75, 3.05) is 32.9 Å². The standard InChI is InChI=1S/C22H27NO3/c1-22(2,23-13-16-25-17-14-23)21(24)19-8-10-20(11-9-19)26-15-12-18-6-4-3-5-7-18/h3-11H,12-17H2,1-2H3. The number of ether oxygens (including phenoxy) is 2. The summed E-state index contributed by atoms with van der Waals surface area (Å²) in [5, 5.41) is 0. The molecule has 138 valence electrons. The first-order valence-corrected chi connectivity index (χ1v) is 9.22. The van der Waals surface area contributed by atoms with Gasteiger partial charge in [-0.1, -0.05) is 30.3 Å². The van der Waals surface area contributed by atoms with Crippen LogP contribution in [-0.4, -0.2) is 49.1 Å². The second-order valence-corrected chi connectivity index (χ2v) is 7.10. The van der Waals surface area contributed by atoms with Gasteiger partial charge in [0.05, 0.1) is 25.4 Å². The zero-order valence-electron chi connectivity index (χ0n) is 15.6. The van der Waals surface area contributed by atoms with Gasteiger partial charge in [-0.2, -0.15) is 0 Å². The third-order valence-corrected chi connectivity index (χ3v) is 4.98. The SMILES string of the molecule is CC(C)(C(=O)c1ccc(OCCc2ccccc2)cc1)N1CCOCC1. The summed E-state index contributed by atoms with van der Waals surface area (Å²) in [4.78, 5) is 15.2. The van der Waals surface area contributed by atoms with Gasteiger partial charge in [0.1, 0.15) is 5.75 Å². The maximum Gasteiger partial charge on any atom is 0.182 e. The molecule has 0 N–H and O–H groups in total. The Hall–Kier alpha value is -2.17. The highest BCUT2D eigenvalue weighted by Gasteiger charge is 2.35. The highest BCUT2D eigenvalue weighted by Crippen LogP contribution is 2.23. The lowest BCUT2D eigenvalue weighted by Gasteiger charge is -2.39. The summed E-state index contributed by atoms with van der Waals surface area (Å²) in [6.45, 7) is 7.56. The predicted octanol–water partition coefficient (Wildman–Crippen LogP) is 3.60. The lowest BCUT2D eigenvalue weighted by Crippen LogP contribution is -2.54. The van der Waals surface area contributed by atoms with Crippen molar-refractivity contribution in [3.05, 3.63) is 65.7 Å². The maximum atomic E-state index is 13.0. The molecule has 1 fully saturated rings. The van der Waals surface area contributed by atoms with Crippen molar-refractivity contribution in [1.29, 1.82) is 0 Å². The molecule has 1 aliphatic heterocycles. The van der Waals surface area contributed by atoms with Crippen molar-refractivity contribution in [2.24, 2.45) is 0 Å². The third kappa shape index (κ3) is 4.51. The van der Waals surface area contributed by atoms with Crippen LogP contribution in [0.2, 0.25) is 0 Å². The molecule has 1 saturated heterocycles. The molecule has 1 aliphatic rings. The number of carbonyl (C=O) groups is 1. The number of rotatable bonds is 7. The first-order chi connectivity index (χ1) is 12.6. The molecule has 4 heteroatoms. The van der Waals surface area contributed by atoms with E-state index < -0.39 is 5.54 Å². The van der Waals surface area contributed by atoms with Gasteiger partial charge in [0.2, 0.25) is 0 Å². The molecule has 0 radical (unpaired) electrons. The second kappa shape index (κ2) is 8.47. The Balaban J connectivity index is 1.57. The molecule has 26 heavy (non-hydrogen) atoms. The number of carbonyl (C=O) groups excluding carboxylic acids is 1. The van der Waals surface area contributed by atoms with Crippen molar-refractivity contribution >= 4 is 5.78 Å². The van der Waals surface area contributed by atoms with E-state index in [0.717, 1.165) is 30.8 Å². The minimum Gasteiger partial charge on any atom is -0.493 e. The monoisotopic (exact) mass is 353 g/mol. The first-order valence-electron chi connectivity index (χ1n) is 9.22. The Bertz CT molecular complexity index is 704. The summed E-state index contributed by atoms with van der Waals surface area (Å²) in [6, 6.07) is 17.8. The number of ketones is 1. The van der Waals surface area contributed by atoms with Crippen LogP contribution in [0, 0.1) is 0 Å². The summed E-state index contributed by atoms with van der Waals surface area (Å²) in [7, 11) is 0. The molecule has 0 aliphatic carbocycles. The Morgan fingerprint density at radius 1 is 1.04 bits per heavy atom. The normalized spacial score (nSPS) is 15.6. The zero-order chi connectivity index (χ0) is 18.4. The molecule has 0 amide bonds. The summed E-state index contributed by atoms with van der Waals surface area (Å²) in [6.07, 6.45) is 0.867. The van der Waals surface area contributed by atoms with Crippen molar-refractivity contribution < 1.29 is 14.3 Å². The molecule has 0 bridgehead atoms. The minimum atomic E-state index is -0.528. The summed E-state index contributed by atoms with van der Waals surface area (Å²) in [5.41, 5.74) is 1.45. The minimum absolute atomic E-state index is 0.134. The molecule has 0 spiro atoms. The van der Waals surface area contributed by atoms with Gasteiger partial charge in [-0.05, 0) is 43.7 Å². The smallest absolute Gasteiger partial charge is 0.182 e. The van der Waals surface area contributed by atoms with E-state index in [9.17, 15) is 4.79 Å². The fraction of sp³-hybridized carbons (Fsp3) is 0.409. The van der Waals surface area contributed by atoms with Gasteiger partial charge in [-0.25, -0.2) is 0 Å². The number of nitrogens with zero attached hydrogens (tertiary/aromatic N) is 1. The fourth-order valence-corrected chi connectivity index (χ4v) is 3.25. The largest absolute Gasteiger partial charge is 0.493 e. The summed E-state index contributed by atoms with van der Waals surface area (Å²) in [5.74, 6) is 0.928. The van der Waals surface area contributed by atoms with Gasteiger partial charge >= 0.3 is 0 Å². The van der Waals surface area contributed by atoms with Crippen LogP contribution in [0.3, 0.4) is 0 Å². The van der Waals surface area contributed by atoms with Crippen LogP contribution in [-0.2, 0) is 11.2 Å². The van der Waals surface area contributed by atoms with Crippen LogP contribution < -0.4 is 4.74 Å². The second-order valence-electron chi connectivity index (χ2n) is 7.10. The first kappa shape index (κ1) is 18.6. The summed E-state index contributed by atoms with van der Waals surface area (Å²) < 4.78 is 11.2. The van der Waals surface area contributed by atoms with Crippen LogP contribution >= 0.6 is 0 Å². The molecule has 0 aromatic heterocycles. The van der Waals surface area contributed by atoms with Gasteiger partial charge in [0.25, 0.3) is 0 Å². The highest BCUT2D eigenvalue weighted by molar-refractivity contribution is 6.02. The molecule has 2 aromatic rings. The Kier molecular flexibility index (Phi) is 6.07. The van der Waals surface area contributed by atoms with Crippen LogP contribution in [0.15, 0.2) is 54.6 Å². The Labute approximate surface area is 155 Å². The summed E-state index contributed by atoms with van der Waals surface area (Å²) >= 11 is 0. The molecule has 3 rings (SSSR count). The van der Waals surface area contributed by atoms with Crippen LogP contribution in [0.5, 0.6) is 5.75 Å². The van der Waals surface area contributed by atoms with Crippen molar-refractivity contribution in [3.63, 3.8) is 0 Å². The van der Waals surface area contributed by atoms with E-state index in [-0.39, 0.29) is 5.78 Å². The zero-order valence-corrected chi connectivity index (χ0v) is 15.6. The van der Waals surface area contributed by atoms with E-state index in [1.54, 1.807) is 0 Å². The number of benzene rings is 2. The molecule has 2 aromatic carbocycles. The van der Waals surface area contributed by atoms with E-state index in [2.05, 4.69) is 17.0 Å². The van der Waals surface area contributed by atoms with E-state index in [0.29, 0.717) is 19.8 Å².